The quantitative estimate of drug-likeness (QED) is 0.464. The van der Waals surface area contributed by atoms with Gasteiger partial charge in [-0.3, -0.25) is 4.55 Å². The van der Waals surface area contributed by atoms with Crippen LogP contribution in [0.25, 0.3) is 11.1 Å². The number of nitrogens with zero attached hydrogens (tertiary/aromatic N) is 1. The summed E-state index contributed by atoms with van der Waals surface area (Å²) in [5.41, 5.74) is 6.07. The van der Waals surface area contributed by atoms with Crippen LogP contribution in [0, 0.1) is 0 Å². The van der Waals surface area contributed by atoms with Crippen molar-refractivity contribution in [3.8, 4) is 11.1 Å². The lowest BCUT2D eigenvalue weighted by Crippen LogP contribution is -2.26. The second-order valence-electron chi connectivity index (χ2n) is 7.45. The van der Waals surface area contributed by atoms with Crippen molar-refractivity contribution in [2.24, 2.45) is 0 Å². The fourth-order valence-corrected chi connectivity index (χ4v) is 4.22. The van der Waals surface area contributed by atoms with Crippen LogP contribution in [-0.2, 0) is 15.5 Å². The molecule has 0 saturated heterocycles. The fraction of sp³-hybridized carbons (Fsp3) is 0.381. The standard InChI is InChI=1S/C21H25NO3S/c1-16-21(2,3)19-12-11-18(17-9-5-4-6-10-17)15-20(19)22(16)13-7-8-14-26(23,24)25/h4-6,9-12,15H,7-8,13-14H2,1-3H3/p+1. The van der Waals surface area contributed by atoms with E-state index < -0.39 is 10.1 Å². The highest BCUT2D eigenvalue weighted by Gasteiger charge is 2.42. The first-order valence-electron chi connectivity index (χ1n) is 8.97. The Hall–Kier alpha value is -1.98. The fourth-order valence-electron chi connectivity index (χ4n) is 3.65. The molecule has 0 bridgehead atoms. The molecule has 2 aromatic rings. The zero-order valence-corrected chi connectivity index (χ0v) is 16.4. The monoisotopic (exact) mass is 372 g/mol. The molecule has 1 heterocycles. The van der Waals surface area contributed by atoms with E-state index >= 15 is 0 Å². The highest BCUT2D eigenvalue weighted by atomic mass is 32.2. The van der Waals surface area contributed by atoms with Crippen molar-refractivity contribution in [2.45, 2.75) is 39.0 Å². The van der Waals surface area contributed by atoms with Crippen molar-refractivity contribution in [1.29, 1.82) is 0 Å². The van der Waals surface area contributed by atoms with Crippen molar-refractivity contribution >= 4 is 21.5 Å². The Morgan fingerprint density at radius 2 is 1.69 bits per heavy atom. The van der Waals surface area contributed by atoms with Gasteiger partial charge in [0.2, 0.25) is 5.69 Å². The van der Waals surface area contributed by atoms with Crippen LogP contribution >= 0.6 is 0 Å². The van der Waals surface area contributed by atoms with Gasteiger partial charge in [-0.1, -0.05) is 42.5 Å². The minimum atomic E-state index is -3.88. The largest absolute Gasteiger partial charge is 0.286 e. The first kappa shape index (κ1) is 18.8. The summed E-state index contributed by atoms with van der Waals surface area (Å²) in [6.07, 6.45) is 1.17. The van der Waals surface area contributed by atoms with Gasteiger partial charge >= 0.3 is 0 Å². The number of hydrogen-bond acceptors (Lipinski definition) is 2. The molecule has 3 rings (SSSR count). The van der Waals surface area contributed by atoms with Gasteiger partial charge in [0.15, 0.2) is 5.71 Å². The Morgan fingerprint density at radius 1 is 1.00 bits per heavy atom. The predicted octanol–water partition coefficient (Wildman–Crippen LogP) is 4.42. The maximum absolute atomic E-state index is 10.9. The van der Waals surface area contributed by atoms with Gasteiger partial charge in [-0.2, -0.15) is 13.0 Å². The zero-order valence-electron chi connectivity index (χ0n) is 15.6. The summed E-state index contributed by atoms with van der Waals surface area (Å²) in [4.78, 5) is 0. The number of hydrogen-bond donors (Lipinski definition) is 1. The topological polar surface area (TPSA) is 57.4 Å². The first-order chi connectivity index (χ1) is 12.2. The average Bonchev–Trinajstić information content (AvgIpc) is 2.78. The number of unbranched alkanes of at least 4 members (excludes halogenated alkanes) is 1. The molecule has 2 aromatic carbocycles. The summed E-state index contributed by atoms with van der Waals surface area (Å²) < 4.78 is 33.1. The predicted molar refractivity (Wildman–Crippen MR) is 106 cm³/mol. The summed E-state index contributed by atoms with van der Waals surface area (Å²) in [7, 11) is -3.88. The van der Waals surface area contributed by atoms with Crippen LogP contribution in [0.15, 0.2) is 48.5 Å². The van der Waals surface area contributed by atoms with E-state index in [-0.39, 0.29) is 11.2 Å². The van der Waals surface area contributed by atoms with Crippen LogP contribution in [0.4, 0.5) is 5.69 Å². The van der Waals surface area contributed by atoms with E-state index in [2.05, 4.69) is 55.7 Å². The summed E-state index contributed by atoms with van der Waals surface area (Å²) in [6.45, 7) is 7.34. The van der Waals surface area contributed by atoms with Gasteiger partial charge in [-0.25, -0.2) is 0 Å². The molecule has 0 saturated carbocycles. The second kappa shape index (κ2) is 6.97. The smallest absolute Gasteiger partial charge is 0.264 e. The van der Waals surface area contributed by atoms with Crippen LogP contribution in [-0.4, -0.2) is 35.6 Å². The summed E-state index contributed by atoms with van der Waals surface area (Å²) in [5.74, 6) is -0.180. The Morgan fingerprint density at radius 3 is 2.35 bits per heavy atom. The molecule has 0 fully saturated rings. The van der Waals surface area contributed by atoms with Crippen LogP contribution < -0.4 is 0 Å². The first-order valence-corrected chi connectivity index (χ1v) is 10.6. The Balaban J connectivity index is 1.90. The van der Waals surface area contributed by atoms with Crippen molar-refractivity contribution in [3.05, 3.63) is 54.1 Å². The SMILES string of the molecule is CC1=[N+](CCCCS(=O)(=O)O)c2cc(-c3ccccc3)ccc2C1(C)C. The van der Waals surface area contributed by atoms with E-state index in [1.165, 1.54) is 28.1 Å². The molecule has 4 nitrogen and oxygen atoms in total. The molecule has 0 radical (unpaired) electrons. The Kier molecular flexibility index (Phi) is 5.04. The normalized spacial score (nSPS) is 16.0. The van der Waals surface area contributed by atoms with Crippen LogP contribution in [0.3, 0.4) is 0 Å². The third-order valence-corrected chi connectivity index (χ3v) is 6.22. The molecule has 0 amide bonds. The average molecular weight is 373 g/mol. The molecule has 5 heteroatoms. The lowest BCUT2D eigenvalue weighted by Gasteiger charge is -2.15. The molecule has 0 aromatic heterocycles. The highest BCUT2D eigenvalue weighted by Crippen LogP contribution is 2.41. The van der Waals surface area contributed by atoms with E-state index in [9.17, 15) is 8.42 Å². The summed E-state index contributed by atoms with van der Waals surface area (Å²) in [6, 6.07) is 16.9. The second-order valence-corrected chi connectivity index (χ2v) is 9.03. The lowest BCUT2D eigenvalue weighted by atomic mass is 9.82. The minimum absolute atomic E-state index is 0.0480. The highest BCUT2D eigenvalue weighted by molar-refractivity contribution is 7.85. The maximum atomic E-state index is 10.9. The molecular formula is C21H26NO3S+. The third kappa shape index (κ3) is 3.74. The molecule has 0 unspecified atom stereocenters. The number of rotatable bonds is 6. The Bertz CT molecular complexity index is 944. The van der Waals surface area contributed by atoms with Gasteiger partial charge < -0.3 is 0 Å². The number of benzene rings is 2. The lowest BCUT2D eigenvalue weighted by molar-refractivity contribution is -0.439. The summed E-state index contributed by atoms with van der Waals surface area (Å²) >= 11 is 0. The van der Waals surface area contributed by atoms with Gasteiger partial charge in [0.25, 0.3) is 10.1 Å². The van der Waals surface area contributed by atoms with Crippen molar-refractivity contribution < 1.29 is 17.5 Å². The van der Waals surface area contributed by atoms with Gasteiger partial charge in [0.05, 0.1) is 11.2 Å². The van der Waals surface area contributed by atoms with E-state index in [0.717, 1.165) is 6.54 Å². The molecule has 1 N–H and O–H groups in total. The Labute approximate surface area is 156 Å². The van der Waals surface area contributed by atoms with E-state index in [0.29, 0.717) is 12.8 Å². The minimum Gasteiger partial charge on any atom is -0.286 e. The third-order valence-electron chi connectivity index (χ3n) is 5.41. The summed E-state index contributed by atoms with van der Waals surface area (Å²) in [5, 5.41) is 0. The molecular weight excluding hydrogens is 346 g/mol. The molecule has 0 spiro atoms. The van der Waals surface area contributed by atoms with Crippen LogP contribution in [0.1, 0.15) is 39.2 Å². The van der Waals surface area contributed by atoms with Gasteiger partial charge in [0, 0.05) is 25.0 Å². The van der Waals surface area contributed by atoms with Gasteiger partial charge in [0.1, 0.15) is 6.54 Å². The number of fused-ring (bicyclic) bond motifs is 1. The molecule has 138 valence electrons. The molecule has 0 aliphatic carbocycles. The van der Waals surface area contributed by atoms with Crippen molar-refractivity contribution in [3.63, 3.8) is 0 Å². The molecule has 1 aliphatic heterocycles. The van der Waals surface area contributed by atoms with Crippen molar-refractivity contribution in [1.82, 2.24) is 0 Å². The van der Waals surface area contributed by atoms with Gasteiger partial charge in [-0.05, 0) is 31.4 Å². The molecule has 26 heavy (non-hydrogen) atoms. The van der Waals surface area contributed by atoms with E-state index in [1.807, 2.05) is 18.2 Å². The van der Waals surface area contributed by atoms with Crippen LogP contribution in [0.2, 0.25) is 0 Å². The van der Waals surface area contributed by atoms with Gasteiger partial charge in [-0.15, -0.1) is 0 Å². The molecule has 1 aliphatic rings. The van der Waals surface area contributed by atoms with E-state index in [1.54, 1.807) is 0 Å². The zero-order chi connectivity index (χ0) is 18.9. The van der Waals surface area contributed by atoms with E-state index in [4.69, 9.17) is 4.55 Å². The van der Waals surface area contributed by atoms with Crippen LogP contribution in [0.5, 0.6) is 0 Å². The van der Waals surface area contributed by atoms with Crippen molar-refractivity contribution in [2.75, 3.05) is 12.3 Å². The maximum Gasteiger partial charge on any atom is 0.264 e. The molecule has 0 atom stereocenters.